The third kappa shape index (κ3) is 5.85. The molecule has 2 heterocycles. The lowest BCUT2D eigenvalue weighted by Gasteiger charge is -2.51. The van der Waals surface area contributed by atoms with Crippen LogP contribution in [0.5, 0.6) is 5.75 Å². The van der Waals surface area contributed by atoms with Crippen LogP contribution in [-0.2, 0) is 17.6 Å². The first-order valence-electron chi connectivity index (χ1n) is 12.0. The SMILES string of the molecule is CC(C)COc1ccc(CC2NC(=O)OC3(CCN(C)CC3)C2Cc2ccc(F)cc2)cc1. The molecule has 0 bridgehead atoms. The highest BCUT2D eigenvalue weighted by Gasteiger charge is 2.51. The van der Waals surface area contributed by atoms with Crippen LogP contribution >= 0.6 is 0 Å². The summed E-state index contributed by atoms with van der Waals surface area (Å²) < 4.78 is 25.4. The summed E-state index contributed by atoms with van der Waals surface area (Å²) in [5, 5.41) is 3.10. The predicted octanol–water partition coefficient (Wildman–Crippen LogP) is 4.83. The lowest BCUT2D eigenvalue weighted by Crippen LogP contribution is -2.64. The highest BCUT2D eigenvalue weighted by atomic mass is 19.1. The molecular formula is C27H35FN2O3. The number of hydrogen-bond donors (Lipinski definition) is 1. The first-order valence-corrected chi connectivity index (χ1v) is 12.0. The zero-order valence-corrected chi connectivity index (χ0v) is 19.9. The molecule has 2 aliphatic heterocycles. The molecule has 0 saturated carbocycles. The second-order valence-corrected chi connectivity index (χ2v) is 10.00. The molecule has 2 aromatic rings. The molecule has 33 heavy (non-hydrogen) atoms. The van der Waals surface area contributed by atoms with Gasteiger partial charge in [0.2, 0.25) is 0 Å². The van der Waals surface area contributed by atoms with Gasteiger partial charge in [0, 0.05) is 37.9 Å². The molecular weight excluding hydrogens is 419 g/mol. The Bertz CT molecular complexity index is 921. The van der Waals surface area contributed by atoms with E-state index in [1.807, 2.05) is 24.3 Å². The Balaban J connectivity index is 1.56. The lowest BCUT2D eigenvalue weighted by atomic mass is 9.70. The number of amides is 1. The fraction of sp³-hybridized carbons (Fsp3) is 0.519. The maximum absolute atomic E-state index is 13.5. The van der Waals surface area contributed by atoms with Crippen LogP contribution in [0.2, 0.25) is 0 Å². The van der Waals surface area contributed by atoms with Gasteiger partial charge in [-0.1, -0.05) is 38.1 Å². The Morgan fingerprint density at radius 2 is 1.67 bits per heavy atom. The van der Waals surface area contributed by atoms with E-state index in [0.29, 0.717) is 18.9 Å². The smallest absolute Gasteiger partial charge is 0.407 e. The van der Waals surface area contributed by atoms with Crippen LogP contribution in [0.1, 0.15) is 37.8 Å². The average Bonchev–Trinajstić information content (AvgIpc) is 2.79. The van der Waals surface area contributed by atoms with Gasteiger partial charge in [-0.25, -0.2) is 9.18 Å². The number of benzene rings is 2. The van der Waals surface area contributed by atoms with E-state index in [0.717, 1.165) is 49.2 Å². The zero-order valence-electron chi connectivity index (χ0n) is 19.9. The second kappa shape index (κ2) is 10.1. The number of alkyl carbamates (subject to hydrolysis) is 1. The third-order valence-corrected chi connectivity index (χ3v) is 6.93. The standard InChI is InChI=1S/C27H35FN2O3/c1-19(2)18-32-23-10-6-21(7-11-23)17-25-24(16-20-4-8-22(28)9-5-20)27(33-26(31)29-25)12-14-30(3)15-13-27/h4-11,19,24-25H,12-18H2,1-3H3,(H,29,31). The Morgan fingerprint density at radius 3 is 2.30 bits per heavy atom. The largest absolute Gasteiger partial charge is 0.493 e. The summed E-state index contributed by atoms with van der Waals surface area (Å²) in [6, 6.07) is 14.8. The van der Waals surface area contributed by atoms with E-state index in [9.17, 15) is 9.18 Å². The normalized spacial score (nSPS) is 22.8. The van der Waals surface area contributed by atoms with E-state index in [1.54, 1.807) is 0 Å². The number of hydrogen-bond acceptors (Lipinski definition) is 4. The van der Waals surface area contributed by atoms with E-state index in [1.165, 1.54) is 12.1 Å². The number of rotatable bonds is 7. The molecule has 2 aromatic carbocycles. The maximum atomic E-state index is 13.5. The quantitative estimate of drug-likeness (QED) is 0.651. The van der Waals surface area contributed by atoms with Crippen LogP contribution in [0.15, 0.2) is 48.5 Å². The molecule has 5 nitrogen and oxygen atoms in total. The number of nitrogens with one attached hydrogen (secondary N) is 1. The van der Waals surface area contributed by atoms with Gasteiger partial charge in [0.1, 0.15) is 17.2 Å². The van der Waals surface area contributed by atoms with E-state index in [-0.39, 0.29) is 23.9 Å². The molecule has 0 aliphatic carbocycles. The topological polar surface area (TPSA) is 50.8 Å². The summed E-state index contributed by atoms with van der Waals surface area (Å²) in [5.41, 5.74) is 1.70. The van der Waals surface area contributed by atoms with Gasteiger partial charge in [0.05, 0.1) is 6.61 Å². The van der Waals surface area contributed by atoms with Crippen molar-refractivity contribution >= 4 is 6.09 Å². The van der Waals surface area contributed by atoms with Crippen molar-refractivity contribution in [2.45, 2.75) is 51.2 Å². The summed E-state index contributed by atoms with van der Waals surface area (Å²) in [6.45, 7) is 6.72. The second-order valence-electron chi connectivity index (χ2n) is 10.00. The van der Waals surface area contributed by atoms with Gasteiger partial charge in [0.15, 0.2) is 0 Å². The Kier molecular flexibility index (Phi) is 7.23. The van der Waals surface area contributed by atoms with Gasteiger partial charge in [-0.05, 0) is 61.2 Å². The van der Waals surface area contributed by atoms with Gasteiger partial charge in [-0.2, -0.15) is 0 Å². The molecule has 2 saturated heterocycles. The maximum Gasteiger partial charge on any atom is 0.407 e. The van der Waals surface area contributed by atoms with Gasteiger partial charge in [0.25, 0.3) is 0 Å². The average molecular weight is 455 g/mol. The van der Waals surface area contributed by atoms with Crippen molar-refractivity contribution < 1.29 is 18.7 Å². The van der Waals surface area contributed by atoms with Crippen molar-refractivity contribution in [3.8, 4) is 5.75 Å². The summed E-state index contributed by atoms with van der Waals surface area (Å²) in [7, 11) is 2.10. The van der Waals surface area contributed by atoms with E-state index in [4.69, 9.17) is 9.47 Å². The number of nitrogens with zero attached hydrogens (tertiary/aromatic N) is 1. The number of halogens is 1. The molecule has 6 heteroatoms. The van der Waals surface area contributed by atoms with E-state index < -0.39 is 5.60 Å². The minimum Gasteiger partial charge on any atom is -0.493 e. The highest BCUT2D eigenvalue weighted by Crippen LogP contribution is 2.41. The highest BCUT2D eigenvalue weighted by molar-refractivity contribution is 5.69. The summed E-state index contributed by atoms with van der Waals surface area (Å²) in [6.07, 6.45) is 2.72. The molecule has 2 fully saturated rings. The molecule has 2 aliphatic rings. The molecule has 178 valence electrons. The fourth-order valence-electron chi connectivity index (χ4n) is 5.01. The molecule has 2 atom stereocenters. The molecule has 1 N–H and O–H groups in total. The predicted molar refractivity (Wildman–Crippen MR) is 127 cm³/mol. The van der Waals surface area contributed by atoms with E-state index >= 15 is 0 Å². The summed E-state index contributed by atoms with van der Waals surface area (Å²) in [5.74, 6) is 1.18. The van der Waals surface area contributed by atoms with E-state index in [2.05, 4.69) is 43.2 Å². The van der Waals surface area contributed by atoms with Crippen LogP contribution in [0, 0.1) is 17.7 Å². The molecule has 4 rings (SSSR count). The lowest BCUT2D eigenvalue weighted by molar-refractivity contribution is -0.103. The van der Waals surface area contributed by atoms with Crippen LogP contribution in [0.25, 0.3) is 0 Å². The van der Waals surface area contributed by atoms with Gasteiger partial charge in [-0.15, -0.1) is 0 Å². The minimum absolute atomic E-state index is 0.0675. The molecule has 2 unspecified atom stereocenters. The van der Waals surface area contributed by atoms with Crippen molar-refractivity contribution in [2.75, 3.05) is 26.7 Å². The molecule has 1 spiro atoms. The van der Waals surface area contributed by atoms with Crippen molar-refractivity contribution in [1.82, 2.24) is 10.2 Å². The van der Waals surface area contributed by atoms with Crippen LogP contribution in [0.3, 0.4) is 0 Å². The summed E-state index contributed by atoms with van der Waals surface area (Å²) in [4.78, 5) is 14.9. The van der Waals surface area contributed by atoms with Crippen LogP contribution in [0.4, 0.5) is 9.18 Å². The fourth-order valence-corrected chi connectivity index (χ4v) is 5.01. The number of carbonyl (C=O) groups is 1. The Hall–Kier alpha value is -2.60. The minimum atomic E-state index is -0.506. The third-order valence-electron chi connectivity index (χ3n) is 6.93. The van der Waals surface area contributed by atoms with Gasteiger partial charge in [-0.3, -0.25) is 0 Å². The molecule has 0 radical (unpaired) electrons. The van der Waals surface area contributed by atoms with Crippen LogP contribution in [-0.4, -0.2) is 49.4 Å². The van der Waals surface area contributed by atoms with Gasteiger partial charge < -0.3 is 19.7 Å². The number of ether oxygens (including phenoxy) is 2. The monoisotopic (exact) mass is 454 g/mol. The van der Waals surface area contributed by atoms with Crippen LogP contribution < -0.4 is 10.1 Å². The van der Waals surface area contributed by atoms with Crippen molar-refractivity contribution in [3.05, 3.63) is 65.5 Å². The van der Waals surface area contributed by atoms with Crippen molar-refractivity contribution in [1.29, 1.82) is 0 Å². The van der Waals surface area contributed by atoms with Crippen molar-refractivity contribution in [2.24, 2.45) is 11.8 Å². The number of piperidine rings is 1. The van der Waals surface area contributed by atoms with Crippen molar-refractivity contribution in [3.63, 3.8) is 0 Å². The first kappa shape index (κ1) is 23.6. The molecule has 0 aromatic heterocycles. The Labute approximate surface area is 196 Å². The summed E-state index contributed by atoms with van der Waals surface area (Å²) >= 11 is 0. The molecule has 1 amide bonds. The number of likely N-dealkylation sites (tertiary alicyclic amines) is 1. The first-order chi connectivity index (χ1) is 15.8. The number of carbonyl (C=O) groups excluding carboxylic acids is 1. The zero-order chi connectivity index (χ0) is 23.4. The van der Waals surface area contributed by atoms with Gasteiger partial charge >= 0.3 is 6.09 Å². The Morgan fingerprint density at radius 1 is 1.06 bits per heavy atom.